The summed E-state index contributed by atoms with van der Waals surface area (Å²) in [5.41, 5.74) is 7.24. The van der Waals surface area contributed by atoms with Crippen LogP contribution in [-0.2, 0) is 11.8 Å². The zero-order chi connectivity index (χ0) is 11.7. The fourth-order valence-corrected chi connectivity index (χ4v) is 2.39. The Morgan fingerprint density at radius 2 is 2.44 bits per heavy atom. The van der Waals surface area contributed by atoms with Crippen LogP contribution in [-0.4, -0.2) is 29.6 Å². The molecule has 90 valence electrons. The predicted molar refractivity (Wildman–Crippen MR) is 60.2 cm³/mol. The molecule has 3 unspecified atom stereocenters. The summed E-state index contributed by atoms with van der Waals surface area (Å²) in [4.78, 5) is 0. The van der Waals surface area contributed by atoms with E-state index in [4.69, 9.17) is 15.2 Å². The molecule has 0 aromatic carbocycles. The fourth-order valence-electron chi connectivity index (χ4n) is 2.39. The van der Waals surface area contributed by atoms with Gasteiger partial charge < -0.3 is 15.2 Å². The van der Waals surface area contributed by atoms with Crippen LogP contribution in [0.15, 0.2) is 6.20 Å². The van der Waals surface area contributed by atoms with Crippen LogP contribution in [0.25, 0.3) is 0 Å². The number of aryl methyl sites for hydroxylation is 1. The Hall–Kier alpha value is -1.07. The highest BCUT2D eigenvalue weighted by Crippen LogP contribution is 2.35. The van der Waals surface area contributed by atoms with Gasteiger partial charge >= 0.3 is 0 Å². The van der Waals surface area contributed by atoms with Gasteiger partial charge in [0.25, 0.3) is 0 Å². The molecule has 1 aliphatic rings. The van der Waals surface area contributed by atoms with E-state index < -0.39 is 0 Å². The molecule has 3 atom stereocenters. The lowest BCUT2D eigenvalue weighted by Gasteiger charge is -2.22. The third kappa shape index (κ3) is 1.81. The number of hydrogen-bond donors (Lipinski definition) is 1. The summed E-state index contributed by atoms with van der Waals surface area (Å²) >= 11 is 0. The maximum Gasteiger partial charge on any atom is 0.161 e. The Morgan fingerprint density at radius 1 is 1.69 bits per heavy atom. The molecule has 2 heterocycles. The highest BCUT2D eigenvalue weighted by Gasteiger charge is 2.33. The molecule has 5 heteroatoms. The molecule has 0 bridgehead atoms. The Balaban J connectivity index is 2.25. The van der Waals surface area contributed by atoms with Crippen LogP contribution in [0.1, 0.15) is 25.1 Å². The normalized spacial score (nSPS) is 27.0. The van der Waals surface area contributed by atoms with Gasteiger partial charge in [-0.25, -0.2) is 0 Å². The number of hydrogen-bond acceptors (Lipinski definition) is 4. The predicted octanol–water partition coefficient (Wildman–Crippen LogP) is 0.854. The Kier molecular flexibility index (Phi) is 3.16. The molecule has 1 aromatic rings. The van der Waals surface area contributed by atoms with Crippen molar-refractivity contribution in [2.45, 2.75) is 25.5 Å². The molecular weight excluding hydrogens is 206 g/mol. The van der Waals surface area contributed by atoms with E-state index in [0.29, 0.717) is 5.92 Å². The summed E-state index contributed by atoms with van der Waals surface area (Å²) in [6.45, 7) is 2.86. The highest BCUT2D eigenvalue weighted by molar-refractivity contribution is 5.28. The molecule has 1 aromatic heterocycles. The number of aromatic nitrogens is 2. The molecule has 2 rings (SSSR count). The van der Waals surface area contributed by atoms with Crippen LogP contribution in [0.2, 0.25) is 0 Å². The number of ether oxygens (including phenoxy) is 2. The van der Waals surface area contributed by atoms with Gasteiger partial charge in [-0.15, -0.1) is 0 Å². The molecule has 1 aliphatic heterocycles. The van der Waals surface area contributed by atoms with Gasteiger partial charge in [0.2, 0.25) is 0 Å². The Bertz CT molecular complexity index is 364. The molecule has 2 N–H and O–H groups in total. The van der Waals surface area contributed by atoms with E-state index in [0.717, 1.165) is 24.5 Å². The SMILES string of the molecule is COc1cnn(C)c1C(N)C1CCOC1C. The van der Waals surface area contributed by atoms with E-state index in [1.807, 2.05) is 7.05 Å². The minimum absolute atomic E-state index is 0.0834. The van der Waals surface area contributed by atoms with Crippen molar-refractivity contribution in [1.29, 1.82) is 0 Å². The smallest absolute Gasteiger partial charge is 0.161 e. The van der Waals surface area contributed by atoms with Crippen molar-refractivity contribution >= 4 is 0 Å². The molecule has 0 amide bonds. The van der Waals surface area contributed by atoms with Crippen molar-refractivity contribution in [3.63, 3.8) is 0 Å². The average Bonchev–Trinajstić information content (AvgIpc) is 2.83. The van der Waals surface area contributed by atoms with Gasteiger partial charge in [0.15, 0.2) is 5.75 Å². The molecule has 16 heavy (non-hydrogen) atoms. The van der Waals surface area contributed by atoms with Crippen molar-refractivity contribution < 1.29 is 9.47 Å². The van der Waals surface area contributed by atoms with Gasteiger partial charge in [0.1, 0.15) is 0 Å². The van der Waals surface area contributed by atoms with E-state index >= 15 is 0 Å². The Labute approximate surface area is 95.5 Å². The van der Waals surface area contributed by atoms with Crippen molar-refractivity contribution in [2.24, 2.45) is 18.7 Å². The second-order valence-corrected chi connectivity index (χ2v) is 4.28. The van der Waals surface area contributed by atoms with Gasteiger partial charge in [-0.3, -0.25) is 4.68 Å². The number of rotatable bonds is 3. The zero-order valence-corrected chi connectivity index (χ0v) is 10.0. The third-order valence-electron chi connectivity index (χ3n) is 3.38. The quantitative estimate of drug-likeness (QED) is 0.828. The first kappa shape index (κ1) is 11.4. The molecule has 0 spiro atoms. The number of methoxy groups -OCH3 is 1. The van der Waals surface area contributed by atoms with Crippen LogP contribution >= 0.6 is 0 Å². The molecule has 5 nitrogen and oxygen atoms in total. The van der Waals surface area contributed by atoms with Crippen LogP contribution in [0.5, 0.6) is 5.75 Å². The average molecular weight is 225 g/mol. The molecule has 0 radical (unpaired) electrons. The fraction of sp³-hybridized carbons (Fsp3) is 0.727. The maximum absolute atomic E-state index is 6.29. The summed E-state index contributed by atoms with van der Waals surface area (Å²) < 4.78 is 12.6. The first-order valence-electron chi connectivity index (χ1n) is 5.58. The van der Waals surface area contributed by atoms with Crippen LogP contribution in [0.4, 0.5) is 0 Å². The van der Waals surface area contributed by atoms with Gasteiger partial charge in [-0.1, -0.05) is 0 Å². The van der Waals surface area contributed by atoms with E-state index in [1.165, 1.54) is 0 Å². The van der Waals surface area contributed by atoms with E-state index in [9.17, 15) is 0 Å². The van der Waals surface area contributed by atoms with Crippen LogP contribution in [0, 0.1) is 5.92 Å². The minimum atomic E-state index is -0.0834. The van der Waals surface area contributed by atoms with Crippen LogP contribution < -0.4 is 10.5 Å². The lowest BCUT2D eigenvalue weighted by molar-refractivity contribution is 0.0985. The van der Waals surface area contributed by atoms with E-state index in [2.05, 4.69) is 12.0 Å². The minimum Gasteiger partial charge on any atom is -0.493 e. The van der Waals surface area contributed by atoms with Crippen molar-refractivity contribution in [2.75, 3.05) is 13.7 Å². The highest BCUT2D eigenvalue weighted by atomic mass is 16.5. The topological polar surface area (TPSA) is 62.3 Å². The molecule has 1 fully saturated rings. The van der Waals surface area contributed by atoms with E-state index in [1.54, 1.807) is 18.0 Å². The van der Waals surface area contributed by atoms with Crippen molar-refractivity contribution in [3.8, 4) is 5.75 Å². The first-order chi connectivity index (χ1) is 7.65. The summed E-state index contributed by atoms with van der Waals surface area (Å²) in [7, 11) is 3.53. The maximum atomic E-state index is 6.29. The van der Waals surface area contributed by atoms with Crippen LogP contribution in [0.3, 0.4) is 0 Å². The monoisotopic (exact) mass is 225 g/mol. The van der Waals surface area contributed by atoms with Gasteiger partial charge in [-0.05, 0) is 13.3 Å². The molecule has 1 saturated heterocycles. The van der Waals surface area contributed by atoms with Crippen molar-refractivity contribution in [3.05, 3.63) is 11.9 Å². The molecular formula is C11H19N3O2. The second kappa shape index (κ2) is 4.43. The summed E-state index contributed by atoms with van der Waals surface area (Å²) in [5, 5.41) is 4.18. The zero-order valence-electron chi connectivity index (χ0n) is 10.0. The van der Waals surface area contributed by atoms with Gasteiger partial charge in [0, 0.05) is 19.6 Å². The summed E-state index contributed by atoms with van der Waals surface area (Å²) in [6.07, 6.45) is 2.90. The number of nitrogens with two attached hydrogens (primary N) is 1. The number of nitrogens with zero attached hydrogens (tertiary/aromatic N) is 2. The Morgan fingerprint density at radius 3 is 3.00 bits per heavy atom. The van der Waals surface area contributed by atoms with Gasteiger partial charge in [-0.2, -0.15) is 5.10 Å². The van der Waals surface area contributed by atoms with Gasteiger partial charge in [0.05, 0.1) is 31.1 Å². The van der Waals surface area contributed by atoms with Crippen molar-refractivity contribution in [1.82, 2.24) is 9.78 Å². The summed E-state index contributed by atoms with van der Waals surface area (Å²) in [5.74, 6) is 1.10. The summed E-state index contributed by atoms with van der Waals surface area (Å²) in [6, 6.07) is -0.0834. The lowest BCUT2D eigenvalue weighted by Crippen LogP contribution is -2.28. The lowest BCUT2D eigenvalue weighted by atomic mass is 9.91. The molecule has 0 saturated carbocycles. The second-order valence-electron chi connectivity index (χ2n) is 4.28. The largest absolute Gasteiger partial charge is 0.493 e. The first-order valence-corrected chi connectivity index (χ1v) is 5.58. The molecule has 0 aliphatic carbocycles. The standard InChI is InChI=1S/C11H19N3O2/c1-7-8(4-5-16-7)10(12)11-9(15-3)6-13-14(11)2/h6-8,10H,4-5,12H2,1-3H3. The van der Waals surface area contributed by atoms with E-state index in [-0.39, 0.29) is 12.1 Å². The third-order valence-corrected chi connectivity index (χ3v) is 3.38.